The van der Waals surface area contributed by atoms with Crippen LogP contribution in [-0.2, 0) is 16.1 Å². The molecule has 0 saturated carbocycles. The molecular formula is C31H33F2N3O5. The van der Waals surface area contributed by atoms with Crippen LogP contribution in [0.4, 0.5) is 25.0 Å². The molecular weight excluding hydrogens is 532 g/mol. The van der Waals surface area contributed by atoms with Gasteiger partial charge in [-0.05, 0) is 87.6 Å². The summed E-state index contributed by atoms with van der Waals surface area (Å²) in [4.78, 5) is 26.8. The van der Waals surface area contributed by atoms with Crippen molar-refractivity contribution in [2.75, 3.05) is 23.4 Å². The van der Waals surface area contributed by atoms with E-state index < -0.39 is 35.3 Å². The standard InChI is InChI=1S/C31H33F2N3O5/c1-14-17(7-10-21-26(14)35-11-12-40-21)22-15(2)23-25-18(19(32)8-9-20(25)33)13-36(30(34)39)27(23)16(3)24(22)28(29(37)38)41-31(4,5)6/h7-10,28,35H,11-13H2,1-6H3,(H2,34,39)(H,37,38). The van der Waals surface area contributed by atoms with Crippen LogP contribution in [0, 0.1) is 32.4 Å². The number of hydrogen-bond donors (Lipinski definition) is 3. The minimum absolute atomic E-state index is 0.00421. The van der Waals surface area contributed by atoms with E-state index in [4.69, 9.17) is 15.2 Å². The van der Waals surface area contributed by atoms with Crippen molar-refractivity contribution < 1.29 is 33.0 Å². The van der Waals surface area contributed by atoms with Gasteiger partial charge in [-0.25, -0.2) is 18.4 Å². The summed E-state index contributed by atoms with van der Waals surface area (Å²) in [6.07, 6.45) is -1.46. The van der Waals surface area contributed by atoms with Gasteiger partial charge in [0.15, 0.2) is 6.10 Å². The molecule has 0 aromatic heterocycles. The number of primary amides is 1. The lowest BCUT2D eigenvalue weighted by atomic mass is 9.78. The number of nitrogens with two attached hydrogens (primary N) is 1. The van der Waals surface area contributed by atoms with E-state index >= 15 is 8.78 Å². The Bertz CT molecular complexity index is 1610. The molecule has 0 radical (unpaired) electrons. The number of carboxylic acid groups (broad SMARTS) is 1. The molecule has 0 saturated heterocycles. The number of carbonyl (C=O) groups excluding carboxylic acids is 1. The van der Waals surface area contributed by atoms with E-state index in [1.807, 2.05) is 13.0 Å². The number of nitrogens with zero attached hydrogens (tertiary/aromatic N) is 1. The van der Waals surface area contributed by atoms with Crippen molar-refractivity contribution in [3.05, 3.63) is 63.7 Å². The predicted octanol–water partition coefficient (Wildman–Crippen LogP) is 6.37. The molecule has 1 unspecified atom stereocenters. The molecule has 0 bridgehead atoms. The van der Waals surface area contributed by atoms with Crippen molar-refractivity contribution in [3.8, 4) is 28.0 Å². The number of fused-ring (bicyclic) bond motifs is 4. The minimum Gasteiger partial charge on any atom is -0.490 e. The van der Waals surface area contributed by atoms with Gasteiger partial charge in [-0.2, -0.15) is 0 Å². The summed E-state index contributed by atoms with van der Waals surface area (Å²) in [5.74, 6) is -1.91. The third kappa shape index (κ3) is 4.65. The fourth-order valence-corrected chi connectivity index (χ4v) is 5.99. The first-order valence-corrected chi connectivity index (χ1v) is 13.4. The number of benzene rings is 3. The first-order valence-electron chi connectivity index (χ1n) is 13.4. The lowest BCUT2D eigenvalue weighted by molar-refractivity contribution is -0.160. The van der Waals surface area contributed by atoms with Crippen LogP contribution in [0.25, 0.3) is 22.3 Å². The highest BCUT2D eigenvalue weighted by Crippen LogP contribution is 2.53. The number of carboxylic acids is 1. The number of urea groups is 1. The summed E-state index contributed by atoms with van der Waals surface area (Å²) in [5, 5.41) is 13.8. The van der Waals surface area contributed by atoms with E-state index in [9.17, 15) is 14.7 Å². The normalized spacial score (nSPS) is 14.8. The van der Waals surface area contributed by atoms with Gasteiger partial charge in [-0.3, -0.25) is 4.90 Å². The van der Waals surface area contributed by atoms with Crippen LogP contribution in [-0.4, -0.2) is 35.9 Å². The van der Waals surface area contributed by atoms with Gasteiger partial charge in [0.2, 0.25) is 0 Å². The Hall–Kier alpha value is -4.18. The monoisotopic (exact) mass is 565 g/mol. The number of aliphatic carboxylic acids is 1. The van der Waals surface area contributed by atoms with Crippen molar-refractivity contribution in [3.63, 3.8) is 0 Å². The van der Waals surface area contributed by atoms with Crippen molar-refractivity contribution in [2.45, 2.75) is 59.8 Å². The Morgan fingerprint density at radius 3 is 2.34 bits per heavy atom. The SMILES string of the molecule is Cc1c(-c2c(C)c3c(c(C)c2C(OC(C)(C)C)C(=O)O)N(C(N)=O)Cc2c(F)ccc(F)c2-3)ccc2c1NCCO2. The Balaban J connectivity index is 1.97. The lowest BCUT2D eigenvalue weighted by Gasteiger charge is -2.37. The van der Waals surface area contributed by atoms with Crippen LogP contribution in [0.15, 0.2) is 24.3 Å². The van der Waals surface area contributed by atoms with E-state index in [-0.39, 0.29) is 28.9 Å². The average molecular weight is 566 g/mol. The van der Waals surface area contributed by atoms with E-state index in [1.54, 1.807) is 40.7 Å². The predicted molar refractivity (Wildman–Crippen MR) is 152 cm³/mol. The van der Waals surface area contributed by atoms with Gasteiger partial charge >= 0.3 is 12.0 Å². The molecule has 2 amide bonds. The zero-order valence-electron chi connectivity index (χ0n) is 23.9. The molecule has 2 aliphatic rings. The van der Waals surface area contributed by atoms with E-state index in [0.29, 0.717) is 46.7 Å². The highest BCUT2D eigenvalue weighted by Gasteiger charge is 2.39. The quantitative estimate of drug-likeness (QED) is 0.339. The Morgan fingerprint density at radius 1 is 1.02 bits per heavy atom. The molecule has 8 nitrogen and oxygen atoms in total. The van der Waals surface area contributed by atoms with Gasteiger partial charge in [0.1, 0.15) is 24.0 Å². The third-order valence-electron chi connectivity index (χ3n) is 7.64. The number of rotatable bonds is 4. The topological polar surface area (TPSA) is 114 Å². The van der Waals surface area contributed by atoms with Gasteiger partial charge < -0.3 is 25.6 Å². The number of hydrogen-bond acceptors (Lipinski definition) is 5. The van der Waals surface area contributed by atoms with Crippen LogP contribution in [0.5, 0.6) is 5.75 Å². The van der Waals surface area contributed by atoms with Crippen LogP contribution in [0.1, 0.15) is 54.7 Å². The number of amides is 2. The number of nitrogens with one attached hydrogen (secondary N) is 1. The number of anilines is 2. The molecule has 2 aliphatic heterocycles. The van der Waals surface area contributed by atoms with Crippen molar-refractivity contribution in [1.82, 2.24) is 0 Å². The van der Waals surface area contributed by atoms with Gasteiger partial charge in [-0.1, -0.05) is 6.07 Å². The minimum atomic E-state index is -1.46. The van der Waals surface area contributed by atoms with E-state index in [2.05, 4.69) is 5.32 Å². The Morgan fingerprint density at radius 2 is 1.71 bits per heavy atom. The Labute approximate surface area is 237 Å². The summed E-state index contributed by atoms with van der Waals surface area (Å²) in [5.41, 5.74) is 9.28. The molecule has 5 rings (SSSR count). The molecule has 216 valence electrons. The zero-order valence-corrected chi connectivity index (χ0v) is 23.9. The summed E-state index contributed by atoms with van der Waals surface area (Å²) < 4.78 is 42.6. The molecule has 0 aliphatic carbocycles. The summed E-state index contributed by atoms with van der Waals surface area (Å²) in [7, 11) is 0. The number of carbonyl (C=O) groups is 2. The summed E-state index contributed by atoms with van der Waals surface area (Å²) >= 11 is 0. The second-order valence-corrected chi connectivity index (χ2v) is 11.4. The second-order valence-electron chi connectivity index (χ2n) is 11.4. The second kappa shape index (κ2) is 10.0. The highest BCUT2D eigenvalue weighted by atomic mass is 19.1. The maximum absolute atomic E-state index is 15.6. The van der Waals surface area contributed by atoms with Crippen molar-refractivity contribution >= 4 is 23.4 Å². The number of halogens is 2. The molecule has 3 aromatic carbocycles. The third-order valence-corrected chi connectivity index (χ3v) is 7.64. The van der Waals surface area contributed by atoms with E-state index in [1.165, 1.54) is 4.90 Å². The molecule has 1 atom stereocenters. The molecule has 3 aromatic rings. The summed E-state index contributed by atoms with van der Waals surface area (Å²) in [6, 6.07) is 4.82. The highest BCUT2D eigenvalue weighted by molar-refractivity contribution is 6.04. The Kier molecular flexibility index (Phi) is 6.93. The van der Waals surface area contributed by atoms with Crippen molar-refractivity contribution in [1.29, 1.82) is 0 Å². The largest absolute Gasteiger partial charge is 0.490 e. The van der Waals surface area contributed by atoms with E-state index in [0.717, 1.165) is 23.4 Å². The fourth-order valence-electron chi connectivity index (χ4n) is 5.99. The maximum Gasteiger partial charge on any atom is 0.337 e. The molecule has 2 heterocycles. The molecule has 10 heteroatoms. The maximum atomic E-state index is 15.6. The smallest absolute Gasteiger partial charge is 0.337 e. The fraction of sp³-hybridized carbons (Fsp3) is 0.355. The summed E-state index contributed by atoms with van der Waals surface area (Å²) in [6.45, 7) is 11.3. The van der Waals surface area contributed by atoms with Crippen LogP contribution in [0.3, 0.4) is 0 Å². The van der Waals surface area contributed by atoms with Gasteiger partial charge in [0.25, 0.3) is 0 Å². The molecule has 0 fully saturated rings. The van der Waals surface area contributed by atoms with Crippen LogP contribution < -0.4 is 20.7 Å². The van der Waals surface area contributed by atoms with Gasteiger partial charge in [-0.15, -0.1) is 0 Å². The zero-order chi connectivity index (χ0) is 30.0. The van der Waals surface area contributed by atoms with Crippen molar-refractivity contribution in [2.24, 2.45) is 5.73 Å². The average Bonchev–Trinajstić information content (AvgIpc) is 2.90. The van der Waals surface area contributed by atoms with Gasteiger partial charge in [0, 0.05) is 28.8 Å². The van der Waals surface area contributed by atoms with Gasteiger partial charge in [0.05, 0.1) is 23.5 Å². The van der Waals surface area contributed by atoms with Crippen LogP contribution in [0.2, 0.25) is 0 Å². The lowest BCUT2D eigenvalue weighted by Crippen LogP contribution is -2.39. The molecule has 41 heavy (non-hydrogen) atoms. The number of ether oxygens (including phenoxy) is 2. The molecule has 0 spiro atoms. The van der Waals surface area contributed by atoms with Crippen LogP contribution >= 0.6 is 0 Å². The first kappa shape index (κ1) is 28.4. The first-order chi connectivity index (χ1) is 19.2. The molecule has 4 N–H and O–H groups in total.